The number of piperazine rings is 1. The molecule has 2 aromatic carbocycles. The zero-order chi connectivity index (χ0) is 21.3. The number of unbranched alkanes of at least 4 members (excludes halogenated alkanes) is 1. The normalized spacial score (nSPS) is 14.4. The van der Waals surface area contributed by atoms with E-state index in [1.807, 2.05) is 42.6 Å². The first kappa shape index (κ1) is 20.9. The lowest BCUT2D eigenvalue weighted by Gasteiger charge is -2.36. The first-order chi connectivity index (χ1) is 15.3. The van der Waals surface area contributed by atoms with Gasteiger partial charge in [-0.25, -0.2) is 4.68 Å². The molecular formula is C24H28N6O. The van der Waals surface area contributed by atoms with Crippen LogP contribution in [0.15, 0.2) is 60.9 Å². The van der Waals surface area contributed by atoms with Gasteiger partial charge in [0.05, 0.1) is 30.6 Å². The third kappa shape index (κ3) is 5.83. The molecule has 1 saturated heterocycles. The van der Waals surface area contributed by atoms with Crippen molar-refractivity contribution >= 4 is 5.69 Å². The van der Waals surface area contributed by atoms with Gasteiger partial charge in [0, 0.05) is 32.4 Å². The Balaban J connectivity index is 1.12. The topological polar surface area (TPSA) is 70.2 Å². The second-order valence-corrected chi connectivity index (χ2v) is 7.76. The van der Waals surface area contributed by atoms with Crippen molar-refractivity contribution in [2.45, 2.75) is 19.4 Å². The van der Waals surface area contributed by atoms with E-state index in [2.05, 4.69) is 38.3 Å². The number of nitrogens with zero attached hydrogens (tertiary/aromatic N) is 6. The summed E-state index contributed by atoms with van der Waals surface area (Å²) in [6, 6.07) is 18.4. The third-order valence-corrected chi connectivity index (χ3v) is 5.61. The minimum Gasteiger partial charge on any atom is -0.494 e. The van der Waals surface area contributed by atoms with Crippen molar-refractivity contribution in [2.24, 2.45) is 0 Å². The Kier molecular flexibility index (Phi) is 7.14. The molecule has 0 aliphatic carbocycles. The number of ether oxygens (including phenoxy) is 1. The smallest absolute Gasteiger partial charge is 0.119 e. The summed E-state index contributed by atoms with van der Waals surface area (Å²) < 4.78 is 7.70. The Morgan fingerprint density at radius 1 is 0.968 bits per heavy atom. The van der Waals surface area contributed by atoms with E-state index >= 15 is 0 Å². The van der Waals surface area contributed by atoms with Gasteiger partial charge in [0.2, 0.25) is 0 Å². The number of para-hydroxylation sites is 1. The minimum atomic E-state index is 0.718. The van der Waals surface area contributed by atoms with Gasteiger partial charge in [-0.1, -0.05) is 29.5 Å². The summed E-state index contributed by atoms with van der Waals surface area (Å²) in [5.74, 6) is 0.909. The molecule has 0 spiro atoms. The maximum absolute atomic E-state index is 9.31. The number of hydrogen-bond acceptors (Lipinski definition) is 6. The van der Waals surface area contributed by atoms with Crippen LogP contribution >= 0.6 is 0 Å². The Hall–Kier alpha value is -3.37. The van der Waals surface area contributed by atoms with Crippen LogP contribution in [0.4, 0.5) is 5.69 Å². The summed E-state index contributed by atoms with van der Waals surface area (Å²) in [4.78, 5) is 4.83. The summed E-state index contributed by atoms with van der Waals surface area (Å²) in [7, 11) is 0. The number of aromatic nitrogens is 3. The Bertz CT molecular complexity index is 972. The van der Waals surface area contributed by atoms with E-state index in [1.165, 1.54) is 5.56 Å². The molecule has 0 unspecified atom stereocenters. The van der Waals surface area contributed by atoms with Gasteiger partial charge in [0.1, 0.15) is 11.8 Å². The lowest BCUT2D eigenvalue weighted by atomic mass is 10.1. The molecule has 3 aromatic rings. The number of anilines is 1. The number of hydrogen-bond donors (Lipinski definition) is 0. The lowest BCUT2D eigenvalue weighted by Crippen LogP contribution is -2.46. The van der Waals surface area contributed by atoms with E-state index in [0.717, 1.165) is 75.7 Å². The van der Waals surface area contributed by atoms with Crippen LogP contribution in [-0.2, 0) is 6.54 Å². The van der Waals surface area contributed by atoms with Gasteiger partial charge in [0.15, 0.2) is 0 Å². The van der Waals surface area contributed by atoms with Crippen molar-refractivity contribution in [2.75, 3.05) is 44.2 Å². The SMILES string of the molecule is N#Cc1ccccc1N1CCN(CCCCOc2ccc(Cn3ccnn3)cc2)CC1. The number of nitriles is 1. The van der Waals surface area contributed by atoms with Crippen LogP contribution < -0.4 is 9.64 Å². The Morgan fingerprint density at radius 3 is 2.52 bits per heavy atom. The molecule has 31 heavy (non-hydrogen) atoms. The van der Waals surface area contributed by atoms with Crippen molar-refractivity contribution in [3.63, 3.8) is 0 Å². The first-order valence-corrected chi connectivity index (χ1v) is 10.8. The van der Waals surface area contributed by atoms with Crippen LogP contribution in [0.25, 0.3) is 0 Å². The van der Waals surface area contributed by atoms with Gasteiger partial charge >= 0.3 is 0 Å². The van der Waals surface area contributed by atoms with Gasteiger partial charge in [-0.15, -0.1) is 5.10 Å². The highest BCUT2D eigenvalue weighted by Crippen LogP contribution is 2.21. The molecule has 0 amide bonds. The quantitative estimate of drug-likeness (QED) is 0.499. The van der Waals surface area contributed by atoms with Crippen molar-refractivity contribution in [3.8, 4) is 11.8 Å². The monoisotopic (exact) mass is 416 g/mol. The third-order valence-electron chi connectivity index (χ3n) is 5.61. The summed E-state index contributed by atoms with van der Waals surface area (Å²) in [6.45, 7) is 6.55. The van der Waals surface area contributed by atoms with Gasteiger partial charge in [0.25, 0.3) is 0 Å². The second-order valence-electron chi connectivity index (χ2n) is 7.76. The van der Waals surface area contributed by atoms with Crippen molar-refractivity contribution in [1.82, 2.24) is 19.9 Å². The van der Waals surface area contributed by atoms with E-state index in [4.69, 9.17) is 4.74 Å². The molecule has 160 valence electrons. The second kappa shape index (κ2) is 10.6. The highest BCUT2D eigenvalue weighted by atomic mass is 16.5. The Labute approximate surface area is 183 Å². The lowest BCUT2D eigenvalue weighted by molar-refractivity contribution is 0.238. The number of rotatable bonds is 9. The maximum Gasteiger partial charge on any atom is 0.119 e. The zero-order valence-electron chi connectivity index (χ0n) is 17.7. The molecule has 1 aliphatic rings. The average Bonchev–Trinajstić information content (AvgIpc) is 3.33. The molecular weight excluding hydrogens is 388 g/mol. The van der Waals surface area contributed by atoms with E-state index in [0.29, 0.717) is 0 Å². The molecule has 7 nitrogen and oxygen atoms in total. The standard InChI is InChI=1S/C24H28N6O/c25-19-22-5-1-2-6-24(22)29-16-14-28(15-17-29)12-3-4-18-31-23-9-7-21(8-10-23)20-30-13-11-26-27-30/h1-2,5-11,13H,3-4,12,14-18,20H2. The van der Waals surface area contributed by atoms with Gasteiger partial charge in [-0.05, 0) is 49.2 Å². The predicted octanol–water partition coefficient (Wildman–Crippen LogP) is 3.18. The Morgan fingerprint density at radius 2 is 1.77 bits per heavy atom. The molecule has 0 saturated carbocycles. The van der Waals surface area contributed by atoms with Crippen LogP contribution in [0.2, 0.25) is 0 Å². The highest BCUT2D eigenvalue weighted by molar-refractivity contribution is 5.59. The molecule has 4 rings (SSSR count). The summed E-state index contributed by atoms with van der Waals surface area (Å²) in [5.41, 5.74) is 3.00. The molecule has 0 atom stereocenters. The molecule has 1 aliphatic heterocycles. The summed E-state index contributed by atoms with van der Waals surface area (Å²) in [6.07, 6.45) is 5.71. The van der Waals surface area contributed by atoms with Gasteiger partial charge in [-0.3, -0.25) is 4.90 Å². The molecule has 0 bridgehead atoms. The largest absolute Gasteiger partial charge is 0.494 e. The van der Waals surface area contributed by atoms with Crippen molar-refractivity contribution in [1.29, 1.82) is 5.26 Å². The van der Waals surface area contributed by atoms with E-state index in [-0.39, 0.29) is 0 Å². The molecule has 1 fully saturated rings. The fourth-order valence-corrected chi connectivity index (χ4v) is 3.88. The predicted molar refractivity (Wildman–Crippen MR) is 120 cm³/mol. The minimum absolute atomic E-state index is 0.718. The number of benzene rings is 2. The zero-order valence-corrected chi connectivity index (χ0v) is 17.7. The van der Waals surface area contributed by atoms with Crippen LogP contribution in [0.3, 0.4) is 0 Å². The van der Waals surface area contributed by atoms with Gasteiger partial charge in [-0.2, -0.15) is 5.26 Å². The fourth-order valence-electron chi connectivity index (χ4n) is 3.88. The van der Waals surface area contributed by atoms with Crippen molar-refractivity contribution < 1.29 is 4.74 Å². The average molecular weight is 417 g/mol. The fraction of sp³-hybridized carbons (Fsp3) is 0.375. The summed E-state index contributed by atoms with van der Waals surface area (Å²) in [5, 5.41) is 17.1. The van der Waals surface area contributed by atoms with E-state index in [1.54, 1.807) is 10.9 Å². The first-order valence-electron chi connectivity index (χ1n) is 10.8. The van der Waals surface area contributed by atoms with Crippen molar-refractivity contribution in [3.05, 3.63) is 72.1 Å². The molecule has 7 heteroatoms. The molecule has 1 aromatic heterocycles. The maximum atomic E-state index is 9.31. The summed E-state index contributed by atoms with van der Waals surface area (Å²) >= 11 is 0. The van der Waals surface area contributed by atoms with Crippen LogP contribution in [0.5, 0.6) is 5.75 Å². The van der Waals surface area contributed by atoms with E-state index in [9.17, 15) is 5.26 Å². The molecule has 2 heterocycles. The highest BCUT2D eigenvalue weighted by Gasteiger charge is 2.18. The van der Waals surface area contributed by atoms with Crippen LogP contribution in [-0.4, -0.2) is 59.2 Å². The van der Waals surface area contributed by atoms with E-state index < -0.39 is 0 Å². The molecule has 0 radical (unpaired) electrons. The van der Waals surface area contributed by atoms with Gasteiger partial charge < -0.3 is 9.64 Å². The molecule has 0 N–H and O–H groups in total. The van der Waals surface area contributed by atoms with Crippen LogP contribution in [0.1, 0.15) is 24.0 Å². The van der Waals surface area contributed by atoms with Crippen LogP contribution in [0, 0.1) is 11.3 Å².